The summed E-state index contributed by atoms with van der Waals surface area (Å²) in [5.41, 5.74) is 6.66. The second kappa shape index (κ2) is 7.55. The molecule has 0 aromatic heterocycles. The Bertz CT molecular complexity index is 586. The van der Waals surface area contributed by atoms with Gasteiger partial charge in [-0.1, -0.05) is 26.0 Å². The molecular weight excluding hydrogens is 286 g/mol. The molecule has 0 aliphatic rings. The minimum Gasteiger partial charge on any atom is -0.324 e. The highest BCUT2D eigenvalue weighted by molar-refractivity contribution is 7.89. The molecule has 1 rings (SSSR count). The van der Waals surface area contributed by atoms with Crippen molar-refractivity contribution in [3.8, 4) is 6.07 Å². The molecule has 0 aliphatic heterocycles. The molecule has 0 radical (unpaired) electrons. The van der Waals surface area contributed by atoms with E-state index in [-0.39, 0.29) is 29.8 Å². The zero-order chi connectivity index (χ0) is 16.0. The van der Waals surface area contributed by atoms with Gasteiger partial charge in [0.05, 0.1) is 11.0 Å². The van der Waals surface area contributed by atoms with E-state index in [0.29, 0.717) is 6.54 Å². The lowest BCUT2D eigenvalue weighted by molar-refractivity contribution is 0.373. The third-order valence-electron chi connectivity index (χ3n) is 3.09. The summed E-state index contributed by atoms with van der Waals surface area (Å²) in [6, 6.07) is 8.48. The smallest absolute Gasteiger partial charge is 0.243 e. The number of benzene rings is 1. The van der Waals surface area contributed by atoms with Gasteiger partial charge in [-0.05, 0) is 30.5 Å². The van der Waals surface area contributed by atoms with Gasteiger partial charge in [-0.25, -0.2) is 8.42 Å². The second-order valence-electron chi connectivity index (χ2n) is 5.52. The quantitative estimate of drug-likeness (QED) is 0.837. The van der Waals surface area contributed by atoms with E-state index in [1.54, 1.807) is 24.3 Å². The number of nitrogens with two attached hydrogens (primary N) is 1. The van der Waals surface area contributed by atoms with Crippen LogP contribution in [0.3, 0.4) is 0 Å². The standard InChI is InChI=1S/C15H23N3O2S/c1-12(2)11-18(10-4-9-16)21(19,20)15-7-5-14(6-8-15)13(3)17/h5-8,12-13H,4,10-11,17H2,1-3H3. The first-order valence-corrected chi connectivity index (χ1v) is 8.45. The lowest BCUT2D eigenvalue weighted by atomic mass is 10.1. The van der Waals surface area contributed by atoms with E-state index >= 15 is 0 Å². The Kier molecular flexibility index (Phi) is 6.34. The highest BCUT2D eigenvalue weighted by atomic mass is 32.2. The van der Waals surface area contributed by atoms with Crippen LogP contribution in [0.5, 0.6) is 0 Å². The Balaban J connectivity index is 3.06. The maximum absolute atomic E-state index is 12.6. The Morgan fingerprint density at radius 1 is 1.24 bits per heavy atom. The van der Waals surface area contributed by atoms with Gasteiger partial charge in [0, 0.05) is 25.6 Å². The molecule has 1 atom stereocenters. The van der Waals surface area contributed by atoms with Crippen LogP contribution in [0.2, 0.25) is 0 Å². The summed E-state index contributed by atoms with van der Waals surface area (Å²) in [5, 5.41) is 8.70. The van der Waals surface area contributed by atoms with E-state index in [2.05, 4.69) is 0 Å². The van der Waals surface area contributed by atoms with E-state index in [9.17, 15) is 8.42 Å². The number of nitriles is 1. The largest absolute Gasteiger partial charge is 0.324 e. The van der Waals surface area contributed by atoms with Crippen LogP contribution in [-0.4, -0.2) is 25.8 Å². The highest BCUT2D eigenvalue weighted by Gasteiger charge is 2.24. The van der Waals surface area contributed by atoms with Gasteiger partial charge in [-0.3, -0.25) is 0 Å². The molecule has 0 heterocycles. The van der Waals surface area contributed by atoms with Crippen molar-refractivity contribution in [1.82, 2.24) is 4.31 Å². The fourth-order valence-corrected chi connectivity index (χ4v) is 3.59. The van der Waals surface area contributed by atoms with Gasteiger partial charge < -0.3 is 5.73 Å². The van der Waals surface area contributed by atoms with Crippen molar-refractivity contribution in [1.29, 1.82) is 5.26 Å². The van der Waals surface area contributed by atoms with Crippen molar-refractivity contribution in [2.24, 2.45) is 11.7 Å². The molecule has 5 nitrogen and oxygen atoms in total. The van der Waals surface area contributed by atoms with Gasteiger partial charge in [0.15, 0.2) is 0 Å². The molecule has 0 saturated heterocycles. The Labute approximate surface area is 127 Å². The average molecular weight is 309 g/mol. The molecule has 6 heteroatoms. The zero-order valence-corrected chi connectivity index (χ0v) is 13.6. The molecule has 0 fully saturated rings. The fraction of sp³-hybridized carbons (Fsp3) is 0.533. The van der Waals surface area contributed by atoms with E-state index in [4.69, 9.17) is 11.0 Å². The van der Waals surface area contributed by atoms with Crippen LogP contribution < -0.4 is 5.73 Å². The third kappa shape index (κ3) is 4.81. The third-order valence-corrected chi connectivity index (χ3v) is 4.96. The van der Waals surface area contributed by atoms with Gasteiger partial charge in [0.2, 0.25) is 10.0 Å². The average Bonchev–Trinajstić information content (AvgIpc) is 2.43. The molecule has 1 aromatic rings. The summed E-state index contributed by atoms with van der Waals surface area (Å²) >= 11 is 0. The van der Waals surface area contributed by atoms with Crippen molar-refractivity contribution in [2.45, 2.75) is 38.1 Å². The van der Waals surface area contributed by atoms with E-state index in [0.717, 1.165) is 5.56 Å². The summed E-state index contributed by atoms with van der Waals surface area (Å²) in [5.74, 6) is 0.196. The second-order valence-corrected chi connectivity index (χ2v) is 7.46. The van der Waals surface area contributed by atoms with Crippen molar-refractivity contribution in [2.75, 3.05) is 13.1 Å². The summed E-state index contributed by atoms with van der Waals surface area (Å²) < 4.78 is 26.7. The molecule has 116 valence electrons. The first-order chi connectivity index (χ1) is 9.78. The van der Waals surface area contributed by atoms with E-state index < -0.39 is 10.0 Å². The minimum atomic E-state index is -3.57. The maximum Gasteiger partial charge on any atom is 0.243 e. The highest BCUT2D eigenvalue weighted by Crippen LogP contribution is 2.20. The Morgan fingerprint density at radius 3 is 2.24 bits per heavy atom. The van der Waals surface area contributed by atoms with Crippen LogP contribution in [0, 0.1) is 17.2 Å². The Hall–Kier alpha value is -1.42. The molecule has 1 unspecified atom stereocenters. The summed E-state index contributed by atoms with van der Waals surface area (Å²) in [4.78, 5) is 0.241. The van der Waals surface area contributed by atoms with Crippen LogP contribution in [0.4, 0.5) is 0 Å². The number of nitrogens with zero attached hydrogens (tertiary/aromatic N) is 2. The maximum atomic E-state index is 12.6. The molecular formula is C15H23N3O2S. The number of hydrogen-bond acceptors (Lipinski definition) is 4. The molecule has 0 bridgehead atoms. The molecule has 2 N–H and O–H groups in total. The minimum absolute atomic E-state index is 0.132. The first kappa shape index (κ1) is 17.6. The van der Waals surface area contributed by atoms with Gasteiger partial charge in [-0.15, -0.1) is 0 Å². The Morgan fingerprint density at radius 2 is 1.81 bits per heavy atom. The predicted octanol–water partition coefficient (Wildman–Crippen LogP) is 2.27. The lowest BCUT2D eigenvalue weighted by Crippen LogP contribution is -2.35. The van der Waals surface area contributed by atoms with Gasteiger partial charge in [-0.2, -0.15) is 9.57 Å². The lowest BCUT2D eigenvalue weighted by Gasteiger charge is -2.23. The van der Waals surface area contributed by atoms with Crippen molar-refractivity contribution in [3.63, 3.8) is 0 Å². The van der Waals surface area contributed by atoms with E-state index in [1.165, 1.54) is 4.31 Å². The van der Waals surface area contributed by atoms with Crippen LogP contribution >= 0.6 is 0 Å². The van der Waals surface area contributed by atoms with Crippen molar-refractivity contribution in [3.05, 3.63) is 29.8 Å². The normalized spacial score (nSPS) is 13.4. The van der Waals surface area contributed by atoms with Gasteiger partial charge >= 0.3 is 0 Å². The number of rotatable bonds is 7. The zero-order valence-electron chi connectivity index (χ0n) is 12.8. The van der Waals surface area contributed by atoms with Gasteiger partial charge in [0.1, 0.15) is 0 Å². The summed E-state index contributed by atoms with van der Waals surface area (Å²) in [6.45, 7) is 6.37. The fourth-order valence-electron chi connectivity index (χ4n) is 1.98. The van der Waals surface area contributed by atoms with Crippen LogP contribution in [0.1, 0.15) is 38.8 Å². The van der Waals surface area contributed by atoms with Crippen LogP contribution in [0.15, 0.2) is 29.2 Å². The van der Waals surface area contributed by atoms with Crippen molar-refractivity contribution < 1.29 is 8.42 Å². The van der Waals surface area contributed by atoms with Crippen LogP contribution in [0.25, 0.3) is 0 Å². The summed E-state index contributed by atoms with van der Waals surface area (Å²) in [7, 11) is -3.57. The molecule has 0 aliphatic carbocycles. The van der Waals surface area contributed by atoms with Crippen LogP contribution in [-0.2, 0) is 10.0 Å². The molecule has 21 heavy (non-hydrogen) atoms. The monoisotopic (exact) mass is 309 g/mol. The SMILES string of the molecule is CC(C)CN(CCC#N)S(=O)(=O)c1ccc(C(C)N)cc1. The molecule has 0 spiro atoms. The number of sulfonamides is 1. The van der Waals surface area contributed by atoms with Gasteiger partial charge in [0.25, 0.3) is 0 Å². The van der Waals surface area contributed by atoms with E-state index in [1.807, 2.05) is 26.8 Å². The predicted molar refractivity (Wildman–Crippen MR) is 82.9 cm³/mol. The summed E-state index contributed by atoms with van der Waals surface area (Å²) in [6.07, 6.45) is 0.184. The first-order valence-electron chi connectivity index (χ1n) is 7.01. The van der Waals surface area contributed by atoms with Crippen molar-refractivity contribution >= 4 is 10.0 Å². The molecule has 0 amide bonds. The molecule has 1 aromatic carbocycles. The topological polar surface area (TPSA) is 87.2 Å². The molecule has 0 saturated carbocycles. The number of hydrogen-bond donors (Lipinski definition) is 1.